The van der Waals surface area contributed by atoms with Gasteiger partial charge in [0, 0.05) is 4.47 Å². The van der Waals surface area contributed by atoms with Crippen molar-refractivity contribution in [2.75, 3.05) is 11.4 Å². The number of carbonyl (C=O) groups excluding carboxylic acids is 1. The van der Waals surface area contributed by atoms with Gasteiger partial charge in [0.05, 0.1) is 5.69 Å². The van der Waals surface area contributed by atoms with Crippen molar-refractivity contribution in [2.24, 2.45) is 5.10 Å². The molecule has 1 aromatic rings. The third-order valence-electron chi connectivity index (χ3n) is 1.86. The number of anilines is 1. The first-order chi connectivity index (χ1) is 6.77. The van der Waals surface area contributed by atoms with Crippen LogP contribution in [0.4, 0.5) is 5.69 Å². The van der Waals surface area contributed by atoms with E-state index in [1.165, 1.54) is 0 Å². The van der Waals surface area contributed by atoms with Gasteiger partial charge in [-0.3, -0.25) is 4.79 Å². The summed E-state index contributed by atoms with van der Waals surface area (Å²) < 4.78 is 0.946. The molecule has 1 aliphatic heterocycles. The minimum Gasteiger partial charge on any atom is -0.320 e. The van der Waals surface area contributed by atoms with Crippen LogP contribution in [0.1, 0.15) is 0 Å². The van der Waals surface area contributed by atoms with E-state index in [2.05, 4.69) is 26.5 Å². The number of rotatable bonds is 1. The molecule has 0 atom stereocenters. The van der Waals surface area contributed by atoms with Crippen molar-refractivity contribution in [1.82, 2.24) is 5.43 Å². The average Bonchev–Trinajstić information content (AvgIpc) is 2.18. The molecule has 0 unspecified atom stereocenters. The summed E-state index contributed by atoms with van der Waals surface area (Å²) >= 11 is 3.42. The molecule has 14 heavy (non-hydrogen) atoms. The summed E-state index contributed by atoms with van der Waals surface area (Å²) in [7, 11) is 0. The van der Waals surface area contributed by atoms with Gasteiger partial charge in [0.1, 0.15) is 12.9 Å². The van der Waals surface area contributed by atoms with Crippen LogP contribution in [0.2, 0.25) is 0 Å². The molecule has 4 nitrogen and oxygen atoms in total. The van der Waals surface area contributed by atoms with E-state index in [1.54, 1.807) is 11.2 Å². The molecule has 72 valence electrons. The molecule has 0 saturated carbocycles. The molecule has 0 fully saturated rings. The lowest BCUT2D eigenvalue weighted by Crippen LogP contribution is -2.39. The molecule has 0 aliphatic carbocycles. The second-order valence-corrected chi connectivity index (χ2v) is 3.71. The quantitative estimate of drug-likeness (QED) is 0.821. The van der Waals surface area contributed by atoms with Gasteiger partial charge < -0.3 is 4.90 Å². The SMILES string of the molecule is O=C1CN(c2ccccc2Br)C=NN1. The fourth-order valence-corrected chi connectivity index (χ4v) is 1.75. The molecule has 0 saturated heterocycles. The van der Waals surface area contributed by atoms with Crippen LogP contribution in [0, 0.1) is 0 Å². The Morgan fingerprint density at radius 2 is 2.21 bits per heavy atom. The lowest BCUT2D eigenvalue weighted by atomic mass is 10.3. The minimum absolute atomic E-state index is 0.108. The number of benzene rings is 1. The highest BCUT2D eigenvalue weighted by Crippen LogP contribution is 2.24. The van der Waals surface area contributed by atoms with Crippen LogP contribution < -0.4 is 10.3 Å². The molecule has 0 aromatic heterocycles. The van der Waals surface area contributed by atoms with Gasteiger partial charge in [0.15, 0.2) is 0 Å². The van der Waals surface area contributed by atoms with E-state index in [0.717, 1.165) is 10.2 Å². The molecule has 1 amide bonds. The second kappa shape index (κ2) is 3.79. The highest BCUT2D eigenvalue weighted by atomic mass is 79.9. The van der Waals surface area contributed by atoms with E-state index in [-0.39, 0.29) is 5.91 Å². The normalized spacial score (nSPS) is 15.5. The van der Waals surface area contributed by atoms with E-state index < -0.39 is 0 Å². The molecule has 1 N–H and O–H groups in total. The van der Waals surface area contributed by atoms with Crippen molar-refractivity contribution in [1.29, 1.82) is 0 Å². The number of amides is 1. The van der Waals surface area contributed by atoms with Crippen molar-refractivity contribution in [3.63, 3.8) is 0 Å². The van der Waals surface area contributed by atoms with Crippen LogP contribution in [0.25, 0.3) is 0 Å². The predicted octanol–water partition coefficient (Wildman–Crippen LogP) is 1.33. The zero-order chi connectivity index (χ0) is 9.97. The first kappa shape index (κ1) is 9.21. The van der Waals surface area contributed by atoms with Gasteiger partial charge in [-0.05, 0) is 28.1 Å². The standard InChI is InChI=1S/C9H8BrN3O/c10-7-3-1-2-4-8(7)13-5-9(14)12-11-6-13/h1-4,6H,5H2,(H,12,14). The van der Waals surface area contributed by atoms with Crippen LogP contribution in [0.3, 0.4) is 0 Å². The molecular formula is C9H8BrN3O. The fraction of sp³-hybridized carbons (Fsp3) is 0.111. The van der Waals surface area contributed by atoms with Gasteiger partial charge in [0.2, 0.25) is 0 Å². The molecule has 5 heteroatoms. The van der Waals surface area contributed by atoms with E-state index in [9.17, 15) is 4.79 Å². The van der Waals surface area contributed by atoms with E-state index >= 15 is 0 Å². The topological polar surface area (TPSA) is 44.7 Å². The zero-order valence-corrected chi connectivity index (χ0v) is 8.86. The Hall–Kier alpha value is -1.36. The summed E-state index contributed by atoms with van der Waals surface area (Å²) in [6.45, 7) is 0.298. The van der Waals surface area contributed by atoms with E-state index in [4.69, 9.17) is 0 Å². The number of hydrogen-bond acceptors (Lipinski definition) is 3. The molecule has 1 heterocycles. The molecule has 0 bridgehead atoms. The largest absolute Gasteiger partial charge is 0.320 e. The average molecular weight is 254 g/mol. The monoisotopic (exact) mass is 253 g/mol. The van der Waals surface area contributed by atoms with Crippen molar-refractivity contribution < 1.29 is 4.79 Å². The Morgan fingerprint density at radius 1 is 1.43 bits per heavy atom. The number of nitrogens with zero attached hydrogens (tertiary/aromatic N) is 2. The summed E-state index contributed by atoms with van der Waals surface area (Å²) in [4.78, 5) is 12.9. The summed E-state index contributed by atoms with van der Waals surface area (Å²) in [5, 5.41) is 3.74. The van der Waals surface area contributed by atoms with Crippen molar-refractivity contribution >= 4 is 33.9 Å². The maximum atomic E-state index is 11.1. The van der Waals surface area contributed by atoms with Crippen molar-refractivity contribution in [3.8, 4) is 0 Å². The van der Waals surface area contributed by atoms with Crippen LogP contribution in [0.15, 0.2) is 33.8 Å². The predicted molar refractivity (Wildman–Crippen MR) is 58.1 cm³/mol. The van der Waals surface area contributed by atoms with E-state index in [1.807, 2.05) is 24.3 Å². The second-order valence-electron chi connectivity index (χ2n) is 2.86. The van der Waals surface area contributed by atoms with Crippen LogP contribution >= 0.6 is 15.9 Å². The zero-order valence-electron chi connectivity index (χ0n) is 7.27. The van der Waals surface area contributed by atoms with Crippen LogP contribution in [0.5, 0.6) is 0 Å². The number of hydrazone groups is 1. The fourth-order valence-electron chi connectivity index (χ4n) is 1.23. The van der Waals surface area contributed by atoms with Gasteiger partial charge in [-0.25, -0.2) is 5.43 Å². The van der Waals surface area contributed by atoms with E-state index in [0.29, 0.717) is 6.54 Å². The number of hydrogen-bond donors (Lipinski definition) is 1. The van der Waals surface area contributed by atoms with Crippen LogP contribution in [-0.4, -0.2) is 18.8 Å². The highest BCUT2D eigenvalue weighted by Gasteiger charge is 2.14. The van der Waals surface area contributed by atoms with Gasteiger partial charge in [0.25, 0.3) is 5.91 Å². The molecule has 2 rings (SSSR count). The Kier molecular flexibility index (Phi) is 2.49. The summed E-state index contributed by atoms with van der Waals surface area (Å²) in [6.07, 6.45) is 1.60. The third-order valence-corrected chi connectivity index (χ3v) is 2.53. The maximum Gasteiger partial charge on any atom is 0.260 e. The molecule has 0 spiro atoms. The minimum atomic E-state index is -0.108. The Labute approximate surface area is 89.7 Å². The number of nitrogens with one attached hydrogen (secondary N) is 1. The molecule has 0 radical (unpaired) electrons. The number of carbonyl (C=O) groups is 1. The Balaban J connectivity index is 2.31. The lowest BCUT2D eigenvalue weighted by molar-refractivity contribution is -0.119. The smallest absolute Gasteiger partial charge is 0.260 e. The first-order valence-corrected chi connectivity index (χ1v) is 4.90. The summed E-state index contributed by atoms with van der Waals surface area (Å²) in [5.41, 5.74) is 3.31. The highest BCUT2D eigenvalue weighted by molar-refractivity contribution is 9.10. The van der Waals surface area contributed by atoms with Gasteiger partial charge >= 0.3 is 0 Å². The molecular weight excluding hydrogens is 246 g/mol. The maximum absolute atomic E-state index is 11.1. The molecule has 1 aromatic carbocycles. The van der Waals surface area contributed by atoms with Gasteiger partial charge in [-0.2, -0.15) is 5.10 Å². The number of halogens is 1. The summed E-state index contributed by atoms with van der Waals surface area (Å²) in [6, 6.07) is 7.69. The Morgan fingerprint density at radius 3 is 2.93 bits per heavy atom. The lowest BCUT2D eigenvalue weighted by Gasteiger charge is -2.22. The first-order valence-electron chi connectivity index (χ1n) is 4.10. The van der Waals surface area contributed by atoms with Crippen LogP contribution in [-0.2, 0) is 4.79 Å². The van der Waals surface area contributed by atoms with Gasteiger partial charge in [-0.1, -0.05) is 12.1 Å². The number of para-hydroxylation sites is 1. The van der Waals surface area contributed by atoms with Crippen molar-refractivity contribution in [2.45, 2.75) is 0 Å². The molecule has 1 aliphatic rings. The van der Waals surface area contributed by atoms with Crippen molar-refractivity contribution in [3.05, 3.63) is 28.7 Å². The summed E-state index contributed by atoms with van der Waals surface area (Å²) in [5.74, 6) is -0.108. The Bertz CT molecular complexity index is 391. The third kappa shape index (κ3) is 1.77. The van der Waals surface area contributed by atoms with Gasteiger partial charge in [-0.15, -0.1) is 0 Å².